The van der Waals surface area contributed by atoms with E-state index in [1.807, 2.05) is 0 Å². The second-order valence-electron chi connectivity index (χ2n) is 4.11. The molecular formula is C11H16ClN3O. The van der Waals surface area contributed by atoms with Crippen LogP contribution in [0.15, 0.2) is 12.4 Å². The normalized spacial score (nSPS) is 16.4. The van der Waals surface area contributed by atoms with Crippen molar-refractivity contribution in [2.45, 2.75) is 31.8 Å². The lowest BCUT2D eigenvalue weighted by Crippen LogP contribution is -2.41. The summed E-state index contributed by atoms with van der Waals surface area (Å²) in [4.78, 5) is 10.5. The molecule has 88 valence electrons. The minimum atomic E-state index is 0.192. The molecule has 1 aliphatic rings. The topological polar surface area (TPSA) is 49.2 Å². The number of aliphatic hydroxyl groups excluding tert-OH is 1. The van der Waals surface area contributed by atoms with Crippen molar-refractivity contribution in [2.75, 3.05) is 13.2 Å². The van der Waals surface area contributed by atoms with Crippen LogP contribution < -0.4 is 0 Å². The van der Waals surface area contributed by atoms with Gasteiger partial charge in [0.2, 0.25) is 0 Å². The summed E-state index contributed by atoms with van der Waals surface area (Å²) in [6.07, 6.45) is 7.00. The van der Waals surface area contributed by atoms with Gasteiger partial charge < -0.3 is 5.11 Å². The molecule has 1 aromatic heterocycles. The lowest BCUT2D eigenvalue weighted by Gasteiger charge is -2.36. The quantitative estimate of drug-likeness (QED) is 0.849. The third-order valence-electron chi connectivity index (χ3n) is 3.02. The van der Waals surface area contributed by atoms with Gasteiger partial charge in [0.25, 0.3) is 0 Å². The van der Waals surface area contributed by atoms with Gasteiger partial charge in [-0.05, 0) is 12.8 Å². The second kappa shape index (κ2) is 5.57. The van der Waals surface area contributed by atoms with Gasteiger partial charge >= 0.3 is 0 Å². The van der Waals surface area contributed by atoms with Crippen molar-refractivity contribution in [3.05, 3.63) is 23.2 Å². The fourth-order valence-electron chi connectivity index (χ4n) is 1.90. The first-order valence-corrected chi connectivity index (χ1v) is 5.98. The summed E-state index contributed by atoms with van der Waals surface area (Å²) in [5, 5.41) is 9.45. The molecule has 0 aromatic carbocycles. The molecule has 1 aliphatic carbocycles. The highest BCUT2D eigenvalue weighted by molar-refractivity contribution is 6.29. The molecule has 2 rings (SSSR count). The van der Waals surface area contributed by atoms with Gasteiger partial charge in [-0.15, -0.1) is 0 Å². The predicted octanol–water partition coefficient (Wildman–Crippen LogP) is 1.48. The Hall–Kier alpha value is -0.710. The van der Waals surface area contributed by atoms with E-state index >= 15 is 0 Å². The Morgan fingerprint density at radius 2 is 2.19 bits per heavy atom. The van der Waals surface area contributed by atoms with Crippen LogP contribution in [0, 0.1) is 0 Å². The highest BCUT2D eigenvalue weighted by atomic mass is 35.5. The highest BCUT2D eigenvalue weighted by Crippen LogP contribution is 2.25. The standard InChI is InChI=1S/C11H16ClN3O/c12-11-7-13-9(6-14-11)8-15(4-5-16)10-2-1-3-10/h6-7,10,16H,1-5,8H2. The second-order valence-corrected chi connectivity index (χ2v) is 4.50. The number of aromatic nitrogens is 2. The van der Waals surface area contributed by atoms with E-state index in [9.17, 15) is 0 Å². The summed E-state index contributed by atoms with van der Waals surface area (Å²) < 4.78 is 0. The predicted molar refractivity (Wildman–Crippen MR) is 62.2 cm³/mol. The Morgan fingerprint density at radius 3 is 2.69 bits per heavy atom. The van der Waals surface area contributed by atoms with Crippen molar-refractivity contribution in [2.24, 2.45) is 0 Å². The lowest BCUT2D eigenvalue weighted by atomic mass is 9.91. The molecule has 0 amide bonds. The molecular weight excluding hydrogens is 226 g/mol. The molecule has 1 aromatic rings. The van der Waals surface area contributed by atoms with E-state index in [1.54, 1.807) is 12.4 Å². The van der Waals surface area contributed by atoms with Crippen LogP contribution in [0.25, 0.3) is 0 Å². The van der Waals surface area contributed by atoms with Gasteiger partial charge in [0, 0.05) is 19.1 Å². The number of halogens is 1. The van der Waals surface area contributed by atoms with E-state index in [4.69, 9.17) is 16.7 Å². The minimum absolute atomic E-state index is 0.192. The molecule has 0 unspecified atom stereocenters. The van der Waals surface area contributed by atoms with Gasteiger partial charge in [-0.3, -0.25) is 9.88 Å². The van der Waals surface area contributed by atoms with Crippen LogP contribution in [-0.4, -0.2) is 39.2 Å². The van der Waals surface area contributed by atoms with Crippen LogP contribution >= 0.6 is 11.6 Å². The zero-order valence-corrected chi connectivity index (χ0v) is 9.90. The Kier molecular flexibility index (Phi) is 4.09. The van der Waals surface area contributed by atoms with Crippen molar-refractivity contribution in [3.63, 3.8) is 0 Å². The maximum absolute atomic E-state index is 9.03. The Morgan fingerprint density at radius 1 is 1.38 bits per heavy atom. The zero-order valence-electron chi connectivity index (χ0n) is 9.14. The number of rotatable bonds is 5. The highest BCUT2D eigenvalue weighted by Gasteiger charge is 2.24. The van der Waals surface area contributed by atoms with Gasteiger partial charge in [-0.1, -0.05) is 18.0 Å². The van der Waals surface area contributed by atoms with E-state index in [0.29, 0.717) is 17.7 Å². The number of nitrogens with zero attached hydrogens (tertiary/aromatic N) is 3. The minimum Gasteiger partial charge on any atom is -0.395 e. The summed E-state index contributed by atoms with van der Waals surface area (Å²) in [6.45, 7) is 1.64. The van der Waals surface area contributed by atoms with E-state index in [1.165, 1.54) is 19.3 Å². The largest absolute Gasteiger partial charge is 0.395 e. The van der Waals surface area contributed by atoms with Gasteiger partial charge in [-0.2, -0.15) is 0 Å². The first-order valence-electron chi connectivity index (χ1n) is 5.61. The first kappa shape index (κ1) is 11.8. The lowest BCUT2D eigenvalue weighted by molar-refractivity contribution is 0.0932. The maximum atomic E-state index is 9.03. The van der Waals surface area contributed by atoms with E-state index in [-0.39, 0.29) is 6.61 Å². The average Bonchev–Trinajstić information content (AvgIpc) is 2.19. The molecule has 16 heavy (non-hydrogen) atoms. The molecule has 0 saturated heterocycles. The van der Waals surface area contributed by atoms with Crippen molar-refractivity contribution in [1.29, 1.82) is 0 Å². The van der Waals surface area contributed by atoms with Crippen LogP contribution in [0.5, 0.6) is 0 Å². The third-order valence-corrected chi connectivity index (χ3v) is 3.21. The van der Waals surface area contributed by atoms with E-state index < -0.39 is 0 Å². The monoisotopic (exact) mass is 241 g/mol. The van der Waals surface area contributed by atoms with Gasteiger partial charge in [0.1, 0.15) is 5.15 Å². The summed E-state index contributed by atoms with van der Waals surface area (Å²) in [7, 11) is 0. The first-order chi connectivity index (χ1) is 7.79. The fraction of sp³-hybridized carbons (Fsp3) is 0.636. The summed E-state index contributed by atoms with van der Waals surface area (Å²) in [6, 6.07) is 0.602. The number of hydrogen-bond donors (Lipinski definition) is 1. The average molecular weight is 242 g/mol. The molecule has 0 spiro atoms. The van der Waals surface area contributed by atoms with Crippen molar-refractivity contribution in [3.8, 4) is 0 Å². The van der Waals surface area contributed by atoms with Crippen LogP contribution in [-0.2, 0) is 6.54 Å². The van der Waals surface area contributed by atoms with Crippen molar-refractivity contribution >= 4 is 11.6 Å². The van der Waals surface area contributed by atoms with Crippen LogP contribution in [0.2, 0.25) is 5.15 Å². The molecule has 0 radical (unpaired) electrons. The molecule has 0 atom stereocenters. The molecule has 1 saturated carbocycles. The molecule has 5 heteroatoms. The van der Waals surface area contributed by atoms with Gasteiger partial charge in [0.05, 0.1) is 24.7 Å². The molecule has 1 fully saturated rings. The van der Waals surface area contributed by atoms with Gasteiger partial charge in [0.15, 0.2) is 0 Å². The molecule has 1 N–H and O–H groups in total. The fourth-order valence-corrected chi connectivity index (χ4v) is 2.00. The van der Waals surface area contributed by atoms with Crippen LogP contribution in [0.4, 0.5) is 0 Å². The summed E-state index contributed by atoms with van der Waals surface area (Å²) >= 11 is 5.68. The van der Waals surface area contributed by atoms with Crippen LogP contribution in [0.3, 0.4) is 0 Å². The summed E-state index contributed by atoms with van der Waals surface area (Å²) in [5.41, 5.74) is 0.907. The number of hydrogen-bond acceptors (Lipinski definition) is 4. The SMILES string of the molecule is OCCN(Cc1cnc(Cl)cn1)C1CCC1. The zero-order chi connectivity index (χ0) is 11.4. The Labute approximate surface area is 100 Å². The van der Waals surface area contributed by atoms with Gasteiger partial charge in [-0.25, -0.2) is 4.98 Å². The summed E-state index contributed by atoms with van der Waals surface area (Å²) in [5.74, 6) is 0. The Balaban J connectivity index is 1.96. The van der Waals surface area contributed by atoms with Crippen LogP contribution in [0.1, 0.15) is 25.0 Å². The number of aliphatic hydroxyl groups is 1. The smallest absolute Gasteiger partial charge is 0.147 e. The van der Waals surface area contributed by atoms with Crippen molar-refractivity contribution < 1.29 is 5.11 Å². The molecule has 1 heterocycles. The van der Waals surface area contributed by atoms with E-state index in [2.05, 4.69) is 14.9 Å². The molecule has 0 aliphatic heterocycles. The Bertz CT molecular complexity index is 327. The van der Waals surface area contributed by atoms with Crippen molar-refractivity contribution in [1.82, 2.24) is 14.9 Å². The van der Waals surface area contributed by atoms with E-state index in [0.717, 1.165) is 12.2 Å². The third kappa shape index (κ3) is 2.90. The molecule has 4 nitrogen and oxygen atoms in total. The molecule has 0 bridgehead atoms. The maximum Gasteiger partial charge on any atom is 0.147 e.